The molecule has 104 valence electrons. The summed E-state index contributed by atoms with van der Waals surface area (Å²) in [6.07, 6.45) is 5.97. The smallest absolute Gasteiger partial charge is 0.259 e. The van der Waals surface area contributed by atoms with Gasteiger partial charge in [-0.25, -0.2) is 4.98 Å². The molecule has 1 amide bonds. The molecule has 0 aliphatic rings. The van der Waals surface area contributed by atoms with E-state index in [4.69, 9.17) is 0 Å². The molecule has 0 fully saturated rings. The number of rotatable bonds is 5. The van der Waals surface area contributed by atoms with Crippen LogP contribution in [0.15, 0.2) is 36.8 Å². The molecule has 0 saturated heterocycles. The van der Waals surface area contributed by atoms with Crippen molar-refractivity contribution in [2.24, 2.45) is 0 Å². The molecule has 0 unspecified atom stereocenters. The van der Waals surface area contributed by atoms with Crippen LogP contribution in [0.3, 0.4) is 0 Å². The van der Waals surface area contributed by atoms with Crippen LogP contribution in [0.5, 0.6) is 0 Å². The second kappa shape index (κ2) is 6.65. The predicted octanol–water partition coefficient (Wildman–Crippen LogP) is 2.86. The molecule has 0 atom stereocenters. The highest BCUT2D eigenvalue weighted by Crippen LogP contribution is 2.15. The lowest BCUT2D eigenvalue weighted by molar-refractivity contribution is 0.102. The molecule has 2 aromatic heterocycles. The van der Waals surface area contributed by atoms with E-state index < -0.39 is 0 Å². The summed E-state index contributed by atoms with van der Waals surface area (Å²) >= 11 is 0. The number of carbonyl (C=O) groups excluding carboxylic acids is 1. The van der Waals surface area contributed by atoms with Crippen molar-refractivity contribution in [3.63, 3.8) is 0 Å². The van der Waals surface area contributed by atoms with Crippen LogP contribution in [0.2, 0.25) is 0 Å². The number of hydrogen-bond acceptors (Lipinski definition) is 4. The van der Waals surface area contributed by atoms with Crippen molar-refractivity contribution in [1.82, 2.24) is 9.97 Å². The van der Waals surface area contributed by atoms with Gasteiger partial charge in [0.1, 0.15) is 5.82 Å². The van der Waals surface area contributed by atoms with Crippen LogP contribution >= 0.6 is 0 Å². The predicted molar refractivity (Wildman–Crippen MR) is 79.9 cm³/mol. The maximum atomic E-state index is 12.3. The van der Waals surface area contributed by atoms with Gasteiger partial charge in [-0.15, -0.1) is 0 Å². The van der Waals surface area contributed by atoms with Crippen LogP contribution in [0.4, 0.5) is 11.5 Å². The Labute approximate surface area is 118 Å². The number of carbonyl (C=O) groups is 1. The van der Waals surface area contributed by atoms with E-state index in [1.165, 1.54) is 0 Å². The molecule has 2 N–H and O–H groups in total. The van der Waals surface area contributed by atoms with Gasteiger partial charge >= 0.3 is 0 Å². The zero-order valence-corrected chi connectivity index (χ0v) is 11.7. The lowest BCUT2D eigenvalue weighted by atomic mass is 10.2. The van der Waals surface area contributed by atoms with Gasteiger partial charge in [-0.2, -0.15) is 0 Å². The molecule has 5 nitrogen and oxygen atoms in total. The first-order valence-electron chi connectivity index (χ1n) is 6.62. The number of nitrogens with one attached hydrogen (secondary N) is 2. The van der Waals surface area contributed by atoms with E-state index in [0.717, 1.165) is 24.2 Å². The molecule has 0 bridgehead atoms. The summed E-state index contributed by atoms with van der Waals surface area (Å²) in [7, 11) is 0. The van der Waals surface area contributed by atoms with E-state index in [0.29, 0.717) is 11.4 Å². The Balaban J connectivity index is 2.14. The summed E-state index contributed by atoms with van der Waals surface area (Å²) in [4.78, 5) is 20.5. The number of hydrogen-bond donors (Lipinski definition) is 2. The monoisotopic (exact) mass is 270 g/mol. The fourth-order valence-corrected chi connectivity index (χ4v) is 1.72. The summed E-state index contributed by atoms with van der Waals surface area (Å²) in [5.41, 5.74) is 2.35. The van der Waals surface area contributed by atoms with Crippen molar-refractivity contribution < 1.29 is 4.79 Å². The highest BCUT2D eigenvalue weighted by Gasteiger charge is 2.11. The van der Waals surface area contributed by atoms with Crippen molar-refractivity contribution >= 4 is 17.4 Å². The Morgan fingerprint density at radius 3 is 2.80 bits per heavy atom. The number of aryl methyl sites for hydroxylation is 1. The Hall–Kier alpha value is -2.43. The van der Waals surface area contributed by atoms with Gasteiger partial charge in [0.25, 0.3) is 5.91 Å². The first-order valence-corrected chi connectivity index (χ1v) is 6.62. The van der Waals surface area contributed by atoms with Crippen molar-refractivity contribution in [1.29, 1.82) is 0 Å². The van der Waals surface area contributed by atoms with E-state index in [9.17, 15) is 4.79 Å². The van der Waals surface area contributed by atoms with Crippen molar-refractivity contribution in [3.8, 4) is 0 Å². The first-order chi connectivity index (χ1) is 9.70. The summed E-state index contributed by atoms with van der Waals surface area (Å²) < 4.78 is 0. The van der Waals surface area contributed by atoms with Crippen LogP contribution in [-0.4, -0.2) is 22.4 Å². The molecular weight excluding hydrogens is 252 g/mol. The maximum Gasteiger partial charge on any atom is 0.259 e. The second-order valence-electron chi connectivity index (χ2n) is 4.52. The molecule has 0 spiro atoms. The maximum absolute atomic E-state index is 12.3. The molecule has 5 heteroatoms. The van der Waals surface area contributed by atoms with Gasteiger partial charge in [0.2, 0.25) is 0 Å². The average Bonchev–Trinajstić information content (AvgIpc) is 2.47. The van der Waals surface area contributed by atoms with Gasteiger partial charge in [-0.1, -0.05) is 13.0 Å². The van der Waals surface area contributed by atoms with Crippen LogP contribution in [0, 0.1) is 6.92 Å². The van der Waals surface area contributed by atoms with E-state index in [-0.39, 0.29) is 5.91 Å². The molecule has 2 heterocycles. The fourth-order valence-electron chi connectivity index (χ4n) is 1.72. The Bertz CT molecular complexity index is 581. The normalized spacial score (nSPS) is 10.1. The number of nitrogens with zero attached hydrogens (tertiary/aromatic N) is 2. The topological polar surface area (TPSA) is 66.9 Å². The lowest BCUT2D eigenvalue weighted by Gasteiger charge is -2.10. The molecule has 2 rings (SSSR count). The summed E-state index contributed by atoms with van der Waals surface area (Å²) in [6.45, 7) is 4.82. The molecule has 2 aromatic rings. The Kier molecular flexibility index (Phi) is 4.65. The van der Waals surface area contributed by atoms with Crippen LogP contribution in [0.25, 0.3) is 0 Å². The van der Waals surface area contributed by atoms with E-state index >= 15 is 0 Å². The molecule has 20 heavy (non-hydrogen) atoms. The van der Waals surface area contributed by atoms with Crippen LogP contribution < -0.4 is 10.6 Å². The Morgan fingerprint density at radius 1 is 1.25 bits per heavy atom. The quantitative estimate of drug-likeness (QED) is 0.876. The highest BCUT2D eigenvalue weighted by molar-refractivity contribution is 6.07. The van der Waals surface area contributed by atoms with Gasteiger partial charge in [0.15, 0.2) is 0 Å². The van der Waals surface area contributed by atoms with Crippen molar-refractivity contribution in [2.75, 3.05) is 17.2 Å². The van der Waals surface area contributed by atoms with Gasteiger partial charge < -0.3 is 10.6 Å². The SMILES string of the molecule is CCCNc1cnccc1C(=O)Nc1ccc(C)cn1. The largest absolute Gasteiger partial charge is 0.383 e. The summed E-state index contributed by atoms with van der Waals surface area (Å²) in [6, 6.07) is 5.39. The number of anilines is 2. The Morgan fingerprint density at radius 2 is 2.10 bits per heavy atom. The van der Waals surface area contributed by atoms with E-state index in [2.05, 4.69) is 27.5 Å². The number of aromatic nitrogens is 2. The van der Waals surface area contributed by atoms with Crippen LogP contribution in [-0.2, 0) is 0 Å². The molecule has 0 radical (unpaired) electrons. The molecule has 0 aromatic carbocycles. The van der Waals surface area contributed by atoms with Crippen LogP contribution in [0.1, 0.15) is 29.3 Å². The zero-order chi connectivity index (χ0) is 14.4. The number of pyridine rings is 2. The molecule has 0 aliphatic carbocycles. The van der Waals surface area contributed by atoms with Crippen molar-refractivity contribution in [3.05, 3.63) is 47.9 Å². The first kappa shape index (κ1) is 14.0. The summed E-state index contributed by atoms with van der Waals surface area (Å²) in [5.74, 6) is 0.348. The van der Waals surface area contributed by atoms with E-state index in [1.54, 1.807) is 30.7 Å². The molecule has 0 aliphatic heterocycles. The third-order valence-electron chi connectivity index (χ3n) is 2.78. The van der Waals surface area contributed by atoms with Gasteiger partial charge in [0.05, 0.1) is 17.4 Å². The minimum Gasteiger partial charge on any atom is -0.383 e. The highest BCUT2D eigenvalue weighted by atomic mass is 16.1. The third kappa shape index (κ3) is 3.54. The molecule has 0 saturated carbocycles. The standard InChI is InChI=1S/C15H18N4O/c1-3-7-17-13-10-16-8-6-12(13)15(20)19-14-5-4-11(2)9-18-14/h4-6,8-10,17H,3,7H2,1-2H3,(H,18,19,20). The lowest BCUT2D eigenvalue weighted by Crippen LogP contribution is -2.16. The number of amides is 1. The minimum atomic E-state index is -0.192. The third-order valence-corrected chi connectivity index (χ3v) is 2.78. The second-order valence-corrected chi connectivity index (χ2v) is 4.52. The average molecular weight is 270 g/mol. The summed E-state index contributed by atoms with van der Waals surface area (Å²) in [5, 5.41) is 5.98. The minimum absolute atomic E-state index is 0.192. The zero-order valence-electron chi connectivity index (χ0n) is 11.7. The van der Waals surface area contributed by atoms with Gasteiger partial charge in [0, 0.05) is 18.9 Å². The molecular formula is C15H18N4O. The van der Waals surface area contributed by atoms with Gasteiger partial charge in [-0.3, -0.25) is 9.78 Å². The van der Waals surface area contributed by atoms with Gasteiger partial charge in [-0.05, 0) is 31.0 Å². The van der Waals surface area contributed by atoms with Crippen molar-refractivity contribution in [2.45, 2.75) is 20.3 Å². The fraction of sp³-hybridized carbons (Fsp3) is 0.267. The van der Waals surface area contributed by atoms with E-state index in [1.807, 2.05) is 13.0 Å².